The van der Waals surface area contributed by atoms with E-state index in [1.807, 2.05) is 0 Å². The summed E-state index contributed by atoms with van der Waals surface area (Å²) in [6.07, 6.45) is 1.17. The lowest BCUT2D eigenvalue weighted by Crippen LogP contribution is -2.49. The molecule has 21 heavy (non-hydrogen) atoms. The monoisotopic (exact) mass is 289 g/mol. The van der Waals surface area contributed by atoms with Crippen LogP contribution in [0.4, 0.5) is 0 Å². The molecule has 1 N–H and O–H groups in total. The van der Waals surface area contributed by atoms with E-state index in [0.29, 0.717) is 6.04 Å². The molecule has 1 atom stereocenters. The Morgan fingerprint density at radius 3 is 2.67 bits per heavy atom. The lowest BCUT2D eigenvalue weighted by Gasteiger charge is -2.38. The van der Waals surface area contributed by atoms with Gasteiger partial charge in [-0.2, -0.15) is 0 Å². The normalized spacial score (nSPS) is 24.0. The summed E-state index contributed by atoms with van der Waals surface area (Å²) in [5.41, 5.74) is 3.03. The largest absolute Gasteiger partial charge is 0.379 e. The Labute approximate surface area is 128 Å². The molecular weight excluding hydrogens is 262 g/mol. The first-order valence-electron chi connectivity index (χ1n) is 8.12. The average molecular weight is 289 g/mol. The Bertz CT molecular complexity index is 445. The first-order chi connectivity index (χ1) is 10.4. The molecule has 1 aromatic rings. The molecule has 0 aromatic heterocycles. The van der Waals surface area contributed by atoms with Crippen LogP contribution in [0.5, 0.6) is 0 Å². The Balaban J connectivity index is 1.61. The second-order valence-electron chi connectivity index (χ2n) is 6.11. The number of benzene rings is 1. The highest BCUT2D eigenvalue weighted by molar-refractivity contribution is 5.30. The van der Waals surface area contributed by atoms with E-state index in [1.165, 1.54) is 17.5 Å². The van der Waals surface area contributed by atoms with E-state index in [1.54, 1.807) is 0 Å². The van der Waals surface area contributed by atoms with Gasteiger partial charge in [0, 0.05) is 45.3 Å². The van der Waals surface area contributed by atoms with Gasteiger partial charge in [-0.1, -0.05) is 24.3 Å². The van der Waals surface area contributed by atoms with Gasteiger partial charge in [0.15, 0.2) is 0 Å². The molecule has 4 heteroatoms. The van der Waals surface area contributed by atoms with Crippen molar-refractivity contribution in [2.24, 2.45) is 0 Å². The van der Waals surface area contributed by atoms with E-state index in [9.17, 15) is 0 Å². The topological polar surface area (TPSA) is 27.7 Å². The molecule has 0 bridgehead atoms. The number of nitrogens with zero attached hydrogens (tertiary/aromatic N) is 2. The fourth-order valence-corrected chi connectivity index (χ4v) is 3.43. The molecule has 2 aliphatic heterocycles. The molecule has 3 rings (SSSR count). The lowest BCUT2D eigenvalue weighted by atomic mass is 9.94. The zero-order valence-electron chi connectivity index (χ0n) is 13.1. The fraction of sp³-hybridized carbons (Fsp3) is 0.647. The quantitative estimate of drug-likeness (QED) is 0.874. The van der Waals surface area contributed by atoms with Crippen LogP contribution in [0.2, 0.25) is 0 Å². The van der Waals surface area contributed by atoms with Crippen LogP contribution in [0.25, 0.3) is 0 Å². The Hall–Kier alpha value is -0.940. The smallest absolute Gasteiger partial charge is 0.0594 e. The van der Waals surface area contributed by atoms with Crippen LogP contribution in [-0.2, 0) is 17.7 Å². The van der Waals surface area contributed by atoms with Crippen molar-refractivity contribution >= 4 is 0 Å². The first-order valence-corrected chi connectivity index (χ1v) is 8.12. The van der Waals surface area contributed by atoms with Gasteiger partial charge in [-0.15, -0.1) is 0 Å². The minimum atomic E-state index is 0.617. The molecule has 4 nitrogen and oxygen atoms in total. The van der Waals surface area contributed by atoms with Crippen molar-refractivity contribution < 1.29 is 4.74 Å². The van der Waals surface area contributed by atoms with Gasteiger partial charge in [-0.3, -0.25) is 9.80 Å². The molecule has 1 fully saturated rings. The Morgan fingerprint density at radius 2 is 1.90 bits per heavy atom. The minimum absolute atomic E-state index is 0.617. The average Bonchev–Trinajstić information content (AvgIpc) is 2.54. The number of fused-ring (bicyclic) bond motifs is 1. The van der Waals surface area contributed by atoms with E-state index in [2.05, 4.69) is 46.4 Å². The van der Waals surface area contributed by atoms with Crippen molar-refractivity contribution in [2.45, 2.75) is 19.0 Å². The van der Waals surface area contributed by atoms with Crippen LogP contribution >= 0.6 is 0 Å². The van der Waals surface area contributed by atoms with Crippen LogP contribution in [0.15, 0.2) is 24.3 Å². The fourth-order valence-electron chi connectivity index (χ4n) is 3.43. The van der Waals surface area contributed by atoms with E-state index < -0.39 is 0 Å². The second-order valence-corrected chi connectivity index (χ2v) is 6.11. The number of likely N-dealkylation sites (N-methyl/N-ethyl adjacent to an activating group) is 1. The standard InChI is InChI=1S/C17H27N3O/c1-18-13-17-12-15-4-2-3-5-16(15)14-20(17)7-6-19-8-10-21-11-9-19/h2-5,17-18H,6-14H2,1H3. The highest BCUT2D eigenvalue weighted by atomic mass is 16.5. The van der Waals surface area contributed by atoms with Crippen molar-refractivity contribution in [3.05, 3.63) is 35.4 Å². The van der Waals surface area contributed by atoms with Gasteiger partial charge in [-0.05, 0) is 24.6 Å². The predicted molar refractivity (Wildman–Crippen MR) is 85.5 cm³/mol. The van der Waals surface area contributed by atoms with Gasteiger partial charge in [-0.25, -0.2) is 0 Å². The third kappa shape index (κ3) is 3.83. The Morgan fingerprint density at radius 1 is 1.14 bits per heavy atom. The van der Waals surface area contributed by atoms with E-state index in [4.69, 9.17) is 4.74 Å². The molecule has 2 heterocycles. The highest BCUT2D eigenvalue weighted by Crippen LogP contribution is 2.22. The zero-order valence-corrected chi connectivity index (χ0v) is 13.1. The molecular formula is C17H27N3O. The summed E-state index contributed by atoms with van der Waals surface area (Å²) in [4.78, 5) is 5.18. The molecule has 2 aliphatic rings. The van der Waals surface area contributed by atoms with Gasteiger partial charge in [0.25, 0.3) is 0 Å². The van der Waals surface area contributed by atoms with Crippen molar-refractivity contribution in [3.8, 4) is 0 Å². The van der Waals surface area contributed by atoms with E-state index in [-0.39, 0.29) is 0 Å². The number of morpholine rings is 1. The molecule has 0 radical (unpaired) electrons. The van der Waals surface area contributed by atoms with Crippen LogP contribution < -0.4 is 5.32 Å². The third-order valence-corrected chi connectivity index (χ3v) is 4.71. The minimum Gasteiger partial charge on any atom is -0.379 e. The van der Waals surface area contributed by atoms with Gasteiger partial charge in [0.05, 0.1) is 13.2 Å². The molecule has 1 aromatic carbocycles. The van der Waals surface area contributed by atoms with Gasteiger partial charge < -0.3 is 10.1 Å². The van der Waals surface area contributed by atoms with Crippen LogP contribution in [-0.4, -0.2) is 68.8 Å². The molecule has 0 aliphatic carbocycles. The maximum atomic E-state index is 5.43. The van der Waals surface area contributed by atoms with Gasteiger partial charge >= 0.3 is 0 Å². The molecule has 1 saturated heterocycles. The predicted octanol–water partition coefficient (Wildman–Crippen LogP) is 0.965. The molecule has 1 unspecified atom stereocenters. The van der Waals surface area contributed by atoms with Gasteiger partial charge in [0.1, 0.15) is 0 Å². The number of hydrogen-bond acceptors (Lipinski definition) is 4. The molecule has 0 saturated carbocycles. The molecule has 0 spiro atoms. The number of rotatable bonds is 5. The summed E-state index contributed by atoms with van der Waals surface area (Å²) in [5, 5.41) is 3.36. The highest BCUT2D eigenvalue weighted by Gasteiger charge is 2.25. The van der Waals surface area contributed by atoms with Crippen LogP contribution in [0.3, 0.4) is 0 Å². The van der Waals surface area contributed by atoms with Gasteiger partial charge in [0.2, 0.25) is 0 Å². The summed E-state index contributed by atoms with van der Waals surface area (Å²) >= 11 is 0. The van der Waals surface area contributed by atoms with Crippen molar-refractivity contribution in [3.63, 3.8) is 0 Å². The number of nitrogens with one attached hydrogen (secondary N) is 1. The molecule has 0 amide bonds. The maximum Gasteiger partial charge on any atom is 0.0594 e. The van der Waals surface area contributed by atoms with Crippen molar-refractivity contribution in [1.29, 1.82) is 0 Å². The van der Waals surface area contributed by atoms with E-state index in [0.717, 1.165) is 52.5 Å². The second kappa shape index (κ2) is 7.36. The zero-order chi connectivity index (χ0) is 14.5. The van der Waals surface area contributed by atoms with E-state index >= 15 is 0 Å². The number of hydrogen-bond donors (Lipinski definition) is 1. The van der Waals surface area contributed by atoms with Crippen molar-refractivity contribution in [1.82, 2.24) is 15.1 Å². The maximum absolute atomic E-state index is 5.43. The van der Waals surface area contributed by atoms with Crippen LogP contribution in [0, 0.1) is 0 Å². The SMILES string of the molecule is CNCC1Cc2ccccc2CN1CCN1CCOCC1. The summed E-state index contributed by atoms with van der Waals surface area (Å²) in [7, 11) is 2.06. The summed E-state index contributed by atoms with van der Waals surface area (Å²) in [5.74, 6) is 0. The first kappa shape index (κ1) is 15.0. The summed E-state index contributed by atoms with van der Waals surface area (Å²) in [6.45, 7) is 8.42. The summed E-state index contributed by atoms with van der Waals surface area (Å²) in [6, 6.07) is 9.52. The van der Waals surface area contributed by atoms with Crippen molar-refractivity contribution in [2.75, 3.05) is 53.0 Å². The lowest BCUT2D eigenvalue weighted by molar-refractivity contribution is 0.0293. The summed E-state index contributed by atoms with van der Waals surface area (Å²) < 4.78 is 5.43. The van der Waals surface area contributed by atoms with Crippen LogP contribution in [0.1, 0.15) is 11.1 Å². The Kier molecular flexibility index (Phi) is 5.25. The molecule has 116 valence electrons. The third-order valence-electron chi connectivity index (χ3n) is 4.71. The number of ether oxygens (including phenoxy) is 1.